The van der Waals surface area contributed by atoms with E-state index in [-0.39, 0.29) is 16.6 Å². The normalized spacial score (nSPS) is 10.9. The van der Waals surface area contributed by atoms with Crippen LogP contribution in [0.5, 0.6) is 0 Å². The summed E-state index contributed by atoms with van der Waals surface area (Å²) in [6, 6.07) is 7.95. The van der Waals surface area contributed by atoms with Gasteiger partial charge in [0, 0.05) is 18.0 Å². The molecule has 0 saturated carbocycles. The van der Waals surface area contributed by atoms with Crippen LogP contribution in [0, 0.1) is 17.0 Å². The Bertz CT molecular complexity index is 1010. The SMILES string of the molecule is CCCc1nc2c(C)cccn2c1C(=O)Nc1ccc(Cl)c([N+](=O)[O-])c1. The van der Waals surface area contributed by atoms with Gasteiger partial charge in [0.2, 0.25) is 0 Å². The number of nitro groups is 1. The second-order valence-corrected chi connectivity index (χ2v) is 6.33. The van der Waals surface area contributed by atoms with Crippen LogP contribution < -0.4 is 5.32 Å². The van der Waals surface area contributed by atoms with Crippen LogP contribution in [-0.2, 0) is 6.42 Å². The number of carbonyl (C=O) groups excluding carboxylic acids is 1. The van der Waals surface area contributed by atoms with E-state index in [1.165, 1.54) is 18.2 Å². The molecule has 0 radical (unpaired) electrons. The van der Waals surface area contributed by atoms with Gasteiger partial charge in [-0.1, -0.05) is 31.0 Å². The summed E-state index contributed by atoms with van der Waals surface area (Å²) in [4.78, 5) is 27.9. The van der Waals surface area contributed by atoms with Gasteiger partial charge in [0.15, 0.2) is 0 Å². The van der Waals surface area contributed by atoms with Gasteiger partial charge in [-0.2, -0.15) is 0 Å². The zero-order chi connectivity index (χ0) is 18.8. The molecular formula is C18H17ClN4O3. The molecule has 3 rings (SSSR count). The average Bonchev–Trinajstić information content (AvgIpc) is 2.96. The first-order valence-corrected chi connectivity index (χ1v) is 8.52. The number of aromatic nitrogens is 2. The lowest BCUT2D eigenvalue weighted by molar-refractivity contribution is -0.384. The fourth-order valence-corrected chi connectivity index (χ4v) is 3.01. The van der Waals surface area contributed by atoms with Crippen molar-refractivity contribution in [2.24, 2.45) is 0 Å². The number of imidazole rings is 1. The molecule has 0 aliphatic carbocycles. The Kier molecular flexibility index (Phi) is 4.90. The van der Waals surface area contributed by atoms with Crippen molar-refractivity contribution in [2.75, 3.05) is 5.32 Å². The minimum atomic E-state index is -0.585. The van der Waals surface area contributed by atoms with Crippen molar-refractivity contribution in [1.29, 1.82) is 0 Å². The Morgan fingerprint density at radius 2 is 2.15 bits per heavy atom. The van der Waals surface area contributed by atoms with Gasteiger partial charge in [0.1, 0.15) is 16.4 Å². The van der Waals surface area contributed by atoms with Crippen molar-refractivity contribution in [3.05, 3.63) is 68.6 Å². The summed E-state index contributed by atoms with van der Waals surface area (Å²) in [5.74, 6) is -0.372. The first-order chi connectivity index (χ1) is 12.4. The minimum absolute atomic E-state index is 0.0186. The highest BCUT2D eigenvalue weighted by atomic mass is 35.5. The van der Waals surface area contributed by atoms with Crippen LogP contribution in [0.3, 0.4) is 0 Å². The van der Waals surface area contributed by atoms with Crippen LogP contribution in [0.25, 0.3) is 5.65 Å². The zero-order valence-corrected chi connectivity index (χ0v) is 15.1. The minimum Gasteiger partial charge on any atom is -0.320 e. The number of anilines is 1. The highest BCUT2D eigenvalue weighted by Crippen LogP contribution is 2.28. The molecule has 8 heteroatoms. The number of nitro benzene ring substituents is 1. The van der Waals surface area contributed by atoms with Crippen molar-refractivity contribution >= 4 is 34.5 Å². The largest absolute Gasteiger partial charge is 0.320 e. The second kappa shape index (κ2) is 7.13. The number of nitrogens with one attached hydrogen (secondary N) is 1. The smallest absolute Gasteiger partial charge is 0.289 e. The molecule has 7 nitrogen and oxygen atoms in total. The molecular weight excluding hydrogens is 356 g/mol. The molecule has 1 N–H and O–H groups in total. The summed E-state index contributed by atoms with van der Waals surface area (Å²) in [5.41, 5.74) is 2.86. The summed E-state index contributed by atoms with van der Waals surface area (Å²) >= 11 is 5.82. The molecule has 0 fully saturated rings. The van der Waals surface area contributed by atoms with E-state index >= 15 is 0 Å². The molecule has 0 spiro atoms. The van der Waals surface area contributed by atoms with Crippen molar-refractivity contribution in [1.82, 2.24) is 9.38 Å². The predicted molar refractivity (Wildman–Crippen MR) is 100.0 cm³/mol. The predicted octanol–water partition coefficient (Wildman–Crippen LogP) is 4.41. The van der Waals surface area contributed by atoms with E-state index in [2.05, 4.69) is 10.3 Å². The Morgan fingerprint density at radius 1 is 1.38 bits per heavy atom. The van der Waals surface area contributed by atoms with Gasteiger partial charge in [0.25, 0.3) is 11.6 Å². The Hall–Kier alpha value is -2.93. The van der Waals surface area contributed by atoms with Crippen molar-refractivity contribution < 1.29 is 9.72 Å². The van der Waals surface area contributed by atoms with Gasteiger partial charge >= 0.3 is 0 Å². The third-order valence-electron chi connectivity index (χ3n) is 4.02. The van der Waals surface area contributed by atoms with E-state index in [0.29, 0.717) is 23.5 Å². The summed E-state index contributed by atoms with van der Waals surface area (Å²) < 4.78 is 1.75. The molecule has 0 aliphatic heterocycles. The lowest BCUT2D eigenvalue weighted by Crippen LogP contribution is -2.16. The van der Waals surface area contributed by atoms with E-state index in [4.69, 9.17) is 11.6 Å². The van der Waals surface area contributed by atoms with E-state index in [1.807, 2.05) is 26.0 Å². The maximum Gasteiger partial charge on any atom is 0.289 e. The van der Waals surface area contributed by atoms with Crippen LogP contribution in [0.4, 0.5) is 11.4 Å². The third kappa shape index (κ3) is 3.25. The fraction of sp³-hybridized carbons (Fsp3) is 0.222. The topological polar surface area (TPSA) is 89.5 Å². The Balaban J connectivity index is 2.03. The highest BCUT2D eigenvalue weighted by molar-refractivity contribution is 6.32. The third-order valence-corrected chi connectivity index (χ3v) is 4.34. The standard InChI is InChI=1S/C18H17ClN4O3/c1-3-5-14-16(22-9-4-6-11(2)17(22)21-14)18(24)20-12-7-8-13(19)15(10-12)23(25)26/h4,6-10H,3,5H2,1-2H3,(H,20,24). The van der Waals surface area contributed by atoms with Crippen LogP contribution in [-0.4, -0.2) is 20.2 Å². The molecule has 1 amide bonds. The molecule has 2 heterocycles. The molecule has 0 saturated heterocycles. The molecule has 3 aromatic rings. The highest BCUT2D eigenvalue weighted by Gasteiger charge is 2.21. The van der Waals surface area contributed by atoms with Crippen molar-refractivity contribution in [3.8, 4) is 0 Å². The number of carbonyl (C=O) groups is 1. The number of nitrogens with zero attached hydrogens (tertiary/aromatic N) is 3. The molecule has 0 atom stereocenters. The molecule has 134 valence electrons. The number of fused-ring (bicyclic) bond motifs is 1. The Labute approximate surface area is 154 Å². The van der Waals surface area contributed by atoms with Gasteiger partial charge in [-0.05, 0) is 37.1 Å². The van der Waals surface area contributed by atoms with E-state index in [9.17, 15) is 14.9 Å². The quantitative estimate of drug-likeness (QED) is 0.530. The number of halogens is 1. The van der Waals surface area contributed by atoms with E-state index in [0.717, 1.165) is 17.6 Å². The lowest BCUT2D eigenvalue weighted by Gasteiger charge is -2.08. The van der Waals surface area contributed by atoms with Gasteiger partial charge in [-0.3, -0.25) is 19.3 Å². The first kappa shape index (κ1) is 17.9. The summed E-state index contributed by atoms with van der Waals surface area (Å²) in [5, 5.41) is 13.8. The van der Waals surface area contributed by atoms with E-state index in [1.54, 1.807) is 10.6 Å². The van der Waals surface area contributed by atoms with Crippen LogP contribution in [0.15, 0.2) is 36.5 Å². The lowest BCUT2D eigenvalue weighted by atomic mass is 10.2. The number of amides is 1. The average molecular weight is 373 g/mol. The van der Waals surface area contributed by atoms with Crippen LogP contribution >= 0.6 is 11.6 Å². The number of hydrogen-bond donors (Lipinski definition) is 1. The van der Waals surface area contributed by atoms with Gasteiger partial charge in [-0.15, -0.1) is 0 Å². The van der Waals surface area contributed by atoms with E-state index < -0.39 is 4.92 Å². The van der Waals surface area contributed by atoms with Crippen LogP contribution in [0.1, 0.15) is 35.1 Å². The maximum absolute atomic E-state index is 12.9. The van der Waals surface area contributed by atoms with Crippen molar-refractivity contribution in [2.45, 2.75) is 26.7 Å². The molecule has 26 heavy (non-hydrogen) atoms. The first-order valence-electron chi connectivity index (χ1n) is 8.14. The second-order valence-electron chi connectivity index (χ2n) is 5.92. The molecule has 0 unspecified atom stereocenters. The molecule has 0 bridgehead atoms. The number of hydrogen-bond acceptors (Lipinski definition) is 4. The number of benzene rings is 1. The molecule has 2 aromatic heterocycles. The Morgan fingerprint density at radius 3 is 2.85 bits per heavy atom. The zero-order valence-electron chi connectivity index (χ0n) is 14.3. The number of rotatable bonds is 5. The summed E-state index contributed by atoms with van der Waals surface area (Å²) in [6.45, 7) is 3.95. The number of pyridine rings is 1. The summed E-state index contributed by atoms with van der Waals surface area (Å²) in [6.07, 6.45) is 3.29. The van der Waals surface area contributed by atoms with Crippen LogP contribution in [0.2, 0.25) is 5.02 Å². The monoisotopic (exact) mass is 372 g/mol. The van der Waals surface area contributed by atoms with Gasteiger partial charge in [-0.25, -0.2) is 4.98 Å². The number of aryl methyl sites for hydroxylation is 2. The molecule has 1 aromatic carbocycles. The maximum atomic E-state index is 12.9. The van der Waals surface area contributed by atoms with Gasteiger partial charge < -0.3 is 5.32 Å². The van der Waals surface area contributed by atoms with Crippen molar-refractivity contribution in [3.63, 3.8) is 0 Å². The summed E-state index contributed by atoms with van der Waals surface area (Å²) in [7, 11) is 0. The fourth-order valence-electron chi connectivity index (χ4n) is 2.82. The van der Waals surface area contributed by atoms with Gasteiger partial charge in [0.05, 0.1) is 10.6 Å². The molecule has 0 aliphatic rings.